The minimum Gasteiger partial charge on any atom is -0.361 e. The molecule has 2 aliphatic rings. The molecule has 0 aromatic rings. The summed E-state index contributed by atoms with van der Waals surface area (Å²) in [6, 6.07) is 1.17. The molecule has 1 unspecified atom stereocenters. The molecule has 4 nitrogen and oxygen atoms in total. The van der Waals surface area contributed by atoms with Gasteiger partial charge in [0.05, 0.1) is 0 Å². The molecule has 1 aliphatic carbocycles. The highest BCUT2D eigenvalue weighted by Crippen LogP contribution is 2.17. The van der Waals surface area contributed by atoms with Crippen LogP contribution >= 0.6 is 12.2 Å². The quantitative estimate of drug-likeness (QED) is 0.735. The van der Waals surface area contributed by atoms with Gasteiger partial charge in [0.1, 0.15) is 0 Å². The summed E-state index contributed by atoms with van der Waals surface area (Å²) in [5.41, 5.74) is 0. The van der Waals surface area contributed by atoms with Crippen LogP contribution in [0.1, 0.15) is 25.7 Å². The van der Waals surface area contributed by atoms with Crippen LogP contribution in [0.3, 0.4) is 0 Å². The average molecular weight is 270 g/mol. The molecule has 2 fully saturated rings. The predicted octanol–water partition coefficient (Wildman–Crippen LogP) is 0.639. The zero-order chi connectivity index (χ0) is 13.0. The number of likely N-dealkylation sites (N-methyl/N-ethyl adjacent to an activating group) is 2. The molecule has 2 N–H and O–H groups in total. The van der Waals surface area contributed by atoms with Gasteiger partial charge in [0, 0.05) is 38.3 Å². The Balaban J connectivity index is 1.67. The van der Waals surface area contributed by atoms with Gasteiger partial charge in [-0.2, -0.15) is 0 Å². The molecule has 0 radical (unpaired) electrons. The van der Waals surface area contributed by atoms with Gasteiger partial charge >= 0.3 is 0 Å². The van der Waals surface area contributed by atoms with E-state index in [1.54, 1.807) is 0 Å². The normalized spacial score (nSPS) is 27.3. The summed E-state index contributed by atoms with van der Waals surface area (Å²) in [6.07, 6.45) is 5.23. The summed E-state index contributed by atoms with van der Waals surface area (Å²) in [6.45, 7) is 4.37. The number of piperazine rings is 1. The van der Waals surface area contributed by atoms with E-state index >= 15 is 0 Å². The summed E-state index contributed by atoms with van der Waals surface area (Å²) in [5, 5.41) is 7.65. The summed E-state index contributed by atoms with van der Waals surface area (Å²) >= 11 is 5.37. The first-order chi connectivity index (χ1) is 8.65. The average Bonchev–Trinajstić information content (AvgIpc) is 2.83. The first-order valence-electron chi connectivity index (χ1n) is 7.08. The van der Waals surface area contributed by atoms with E-state index in [1.165, 1.54) is 25.7 Å². The highest BCUT2D eigenvalue weighted by atomic mass is 32.1. The molecule has 1 heterocycles. The second-order valence-electron chi connectivity index (χ2n) is 5.73. The van der Waals surface area contributed by atoms with Crippen LogP contribution in [0.2, 0.25) is 0 Å². The van der Waals surface area contributed by atoms with Gasteiger partial charge in [-0.1, -0.05) is 12.8 Å². The van der Waals surface area contributed by atoms with Crippen LogP contribution in [0.15, 0.2) is 0 Å². The summed E-state index contributed by atoms with van der Waals surface area (Å²) in [5.74, 6) is 0. The maximum absolute atomic E-state index is 5.37. The number of rotatable bonds is 3. The summed E-state index contributed by atoms with van der Waals surface area (Å²) < 4.78 is 0. The number of hydrogen-bond acceptors (Lipinski definition) is 3. The Bertz CT molecular complexity index is 278. The third kappa shape index (κ3) is 4.07. The van der Waals surface area contributed by atoms with Crippen molar-refractivity contribution in [3.63, 3.8) is 0 Å². The Kier molecular flexibility index (Phi) is 5.21. The van der Waals surface area contributed by atoms with Crippen LogP contribution in [0, 0.1) is 0 Å². The highest BCUT2D eigenvalue weighted by Gasteiger charge is 2.22. The van der Waals surface area contributed by atoms with Gasteiger partial charge < -0.3 is 15.5 Å². The molecule has 5 heteroatoms. The van der Waals surface area contributed by atoms with Crippen molar-refractivity contribution in [2.45, 2.75) is 37.8 Å². The standard InChI is InChI=1S/C13H26N4S/c1-16-7-8-17(2)12(10-16)9-14-13(18)15-11-5-3-4-6-11/h11-12H,3-10H2,1-2H3,(H2,14,15,18). The molecule has 0 amide bonds. The van der Waals surface area contributed by atoms with Crippen LogP contribution in [-0.2, 0) is 0 Å². The summed E-state index contributed by atoms with van der Waals surface area (Å²) in [7, 11) is 4.39. The maximum atomic E-state index is 5.37. The van der Waals surface area contributed by atoms with Gasteiger partial charge in [0.15, 0.2) is 5.11 Å². The van der Waals surface area contributed by atoms with Crippen LogP contribution in [-0.4, -0.2) is 67.3 Å². The largest absolute Gasteiger partial charge is 0.361 e. The molecular formula is C13H26N4S. The van der Waals surface area contributed by atoms with Crippen molar-refractivity contribution >= 4 is 17.3 Å². The van der Waals surface area contributed by atoms with E-state index in [0.29, 0.717) is 12.1 Å². The lowest BCUT2D eigenvalue weighted by molar-refractivity contribution is 0.116. The van der Waals surface area contributed by atoms with Gasteiger partial charge in [-0.25, -0.2) is 0 Å². The fraction of sp³-hybridized carbons (Fsp3) is 0.923. The first-order valence-corrected chi connectivity index (χ1v) is 7.49. The van der Waals surface area contributed by atoms with E-state index in [9.17, 15) is 0 Å². The topological polar surface area (TPSA) is 30.5 Å². The number of nitrogens with zero attached hydrogens (tertiary/aromatic N) is 2. The van der Waals surface area contributed by atoms with Crippen molar-refractivity contribution in [3.05, 3.63) is 0 Å². The third-order valence-electron chi connectivity index (χ3n) is 4.17. The van der Waals surface area contributed by atoms with Gasteiger partial charge in [-0.15, -0.1) is 0 Å². The smallest absolute Gasteiger partial charge is 0.166 e. The zero-order valence-electron chi connectivity index (χ0n) is 11.6. The molecule has 1 aliphatic heterocycles. The van der Waals surface area contributed by atoms with Crippen molar-refractivity contribution in [1.29, 1.82) is 0 Å². The van der Waals surface area contributed by atoms with Gasteiger partial charge in [-0.3, -0.25) is 4.90 Å². The lowest BCUT2D eigenvalue weighted by atomic mass is 10.2. The third-order valence-corrected chi connectivity index (χ3v) is 4.43. The van der Waals surface area contributed by atoms with Gasteiger partial charge in [0.2, 0.25) is 0 Å². The molecule has 0 bridgehead atoms. The molecule has 18 heavy (non-hydrogen) atoms. The zero-order valence-corrected chi connectivity index (χ0v) is 12.4. The Labute approximate surface area is 116 Å². The molecule has 0 aromatic heterocycles. The Morgan fingerprint density at radius 3 is 2.67 bits per heavy atom. The Morgan fingerprint density at radius 2 is 1.94 bits per heavy atom. The molecule has 1 atom stereocenters. The second kappa shape index (κ2) is 6.68. The van der Waals surface area contributed by atoms with Crippen LogP contribution in [0.4, 0.5) is 0 Å². The van der Waals surface area contributed by atoms with Crippen LogP contribution < -0.4 is 10.6 Å². The van der Waals surface area contributed by atoms with E-state index in [-0.39, 0.29) is 0 Å². The molecule has 2 rings (SSSR count). The maximum Gasteiger partial charge on any atom is 0.166 e. The van der Waals surface area contributed by atoms with Gasteiger partial charge in [-0.05, 0) is 39.2 Å². The van der Waals surface area contributed by atoms with E-state index in [1.807, 2.05) is 0 Å². The van der Waals surface area contributed by atoms with Crippen LogP contribution in [0.5, 0.6) is 0 Å². The van der Waals surface area contributed by atoms with Crippen molar-refractivity contribution in [2.24, 2.45) is 0 Å². The highest BCUT2D eigenvalue weighted by molar-refractivity contribution is 7.80. The lowest BCUT2D eigenvalue weighted by Crippen LogP contribution is -2.55. The molecule has 1 saturated carbocycles. The van der Waals surface area contributed by atoms with E-state index in [0.717, 1.165) is 31.3 Å². The predicted molar refractivity (Wildman–Crippen MR) is 79.9 cm³/mol. The fourth-order valence-corrected chi connectivity index (χ4v) is 3.09. The number of hydrogen-bond donors (Lipinski definition) is 2. The molecular weight excluding hydrogens is 244 g/mol. The second-order valence-corrected chi connectivity index (χ2v) is 6.14. The number of nitrogens with one attached hydrogen (secondary N) is 2. The van der Waals surface area contributed by atoms with Crippen molar-refractivity contribution in [3.8, 4) is 0 Å². The molecule has 1 saturated heterocycles. The van der Waals surface area contributed by atoms with E-state index < -0.39 is 0 Å². The van der Waals surface area contributed by atoms with Crippen molar-refractivity contribution in [1.82, 2.24) is 20.4 Å². The minimum absolute atomic E-state index is 0.562. The minimum atomic E-state index is 0.562. The molecule has 0 spiro atoms. The molecule has 0 aromatic carbocycles. The fourth-order valence-electron chi connectivity index (χ4n) is 2.84. The van der Waals surface area contributed by atoms with E-state index in [2.05, 4.69) is 34.5 Å². The first kappa shape index (κ1) is 14.0. The lowest BCUT2D eigenvalue weighted by Gasteiger charge is -2.38. The van der Waals surface area contributed by atoms with Crippen molar-refractivity contribution < 1.29 is 0 Å². The molecule has 104 valence electrons. The Morgan fingerprint density at radius 1 is 1.22 bits per heavy atom. The summed E-state index contributed by atoms with van der Waals surface area (Å²) in [4.78, 5) is 4.81. The van der Waals surface area contributed by atoms with E-state index in [4.69, 9.17) is 12.2 Å². The van der Waals surface area contributed by atoms with Crippen molar-refractivity contribution in [2.75, 3.05) is 40.3 Å². The van der Waals surface area contributed by atoms with Gasteiger partial charge in [0.25, 0.3) is 0 Å². The number of thiocarbonyl (C=S) groups is 1. The monoisotopic (exact) mass is 270 g/mol. The SMILES string of the molecule is CN1CCN(C)C(CNC(=S)NC2CCCC2)C1. The van der Waals surface area contributed by atoms with Crippen LogP contribution in [0.25, 0.3) is 0 Å². The Hall–Kier alpha value is -0.390.